The Morgan fingerprint density at radius 2 is 2.00 bits per heavy atom. The third-order valence-electron chi connectivity index (χ3n) is 4.25. The van der Waals surface area contributed by atoms with Crippen LogP contribution in [0.1, 0.15) is 24.5 Å². The number of halogens is 1. The highest BCUT2D eigenvalue weighted by Crippen LogP contribution is 2.31. The molecule has 1 aliphatic rings. The highest BCUT2D eigenvalue weighted by molar-refractivity contribution is 9.10. The zero-order valence-corrected chi connectivity index (χ0v) is 16.3. The van der Waals surface area contributed by atoms with E-state index in [9.17, 15) is 0 Å². The zero-order valence-electron chi connectivity index (χ0n) is 14.7. The van der Waals surface area contributed by atoms with Crippen LogP contribution in [0.4, 0.5) is 0 Å². The third kappa shape index (κ3) is 4.15. The number of aliphatic imine (C=N–C) groups is 1. The van der Waals surface area contributed by atoms with Crippen molar-refractivity contribution < 1.29 is 14.2 Å². The van der Waals surface area contributed by atoms with Gasteiger partial charge < -0.3 is 14.2 Å². The van der Waals surface area contributed by atoms with Crippen molar-refractivity contribution in [2.75, 3.05) is 20.8 Å². The molecule has 5 heteroatoms. The van der Waals surface area contributed by atoms with Crippen LogP contribution < -0.4 is 14.2 Å². The van der Waals surface area contributed by atoms with Crippen LogP contribution in [0.5, 0.6) is 17.2 Å². The van der Waals surface area contributed by atoms with Gasteiger partial charge in [0.1, 0.15) is 17.2 Å². The third-order valence-corrected chi connectivity index (χ3v) is 4.75. The lowest BCUT2D eigenvalue weighted by atomic mass is 10.00. The summed E-state index contributed by atoms with van der Waals surface area (Å²) in [7, 11) is 3.32. The van der Waals surface area contributed by atoms with Crippen LogP contribution in [0.2, 0.25) is 0 Å². The molecule has 1 unspecified atom stereocenters. The Morgan fingerprint density at radius 3 is 2.76 bits per heavy atom. The fourth-order valence-corrected chi connectivity index (χ4v) is 3.24. The second-order valence-corrected chi connectivity index (χ2v) is 7.12. The summed E-state index contributed by atoms with van der Waals surface area (Å²) in [6.07, 6.45) is 0.896. The molecule has 0 aromatic heterocycles. The molecule has 2 aromatic carbocycles. The maximum absolute atomic E-state index is 5.95. The van der Waals surface area contributed by atoms with Gasteiger partial charge in [-0.15, -0.1) is 0 Å². The molecule has 0 spiro atoms. The Kier molecular flexibility index (Phi) is 5.63. The van der Waals surface area contributed by atoms with E-state index < -0.39 is 0 Å². The Labute approximate surface area is 157 Å². The average molecular weight is 404 g/mol. The lowest BCUT2D eigenvalue weighted by molar-refractivity contribution is 0.269. The lowest BCUT2D eigenvalue weighted by Gasteiger charge is -2.11. The Balaban J connectivity index is 1.92. The van der Waals surface area contributed by atoms with Crippen molar-refractivity contribution >= 4 is 21.6 Å². The summed E-state index contributed by atoms with van der Waals surface area (Å²) in [6.45, 7) is 3.45. The van der Waals surface area contributed by atoms with Crippen LogP contribution in [-0.2, 0) is 6.54 Å². The first kappa shape index (κ1) is 17.8. The molecule has 1 aliphatic heterocycles. The summed E-state index contributed by atoms with van der Waals surface area (Å²) in [5.74, 6) is 2.87. The molecule has 3 rings (SSSR count). The van der Waals surface area contributed by atoms with Crippen LogP contribution in [0.15, 0.2) is 45.9 Å². The number of methoxy groups -OCH3 is 2. The predicted octanol–water partition coefficient (Wildman–Crippen LogP) is 4.87. The van der Waals surface area contributed by atoms with Gasteiger partial charge in [0.2, 0.25) is 0 Å². The first-order chi connectivity index (χ1) is 12.1. The summed E-state index contributed by atoms with van der Waals surface area (Å²) in [5, 5.41) is 0. The SMILES string of the molecule is COc1ccc(C/N=C2/CC(C)COc3cc(Br)ccc32)c(OC)c1. The summed E-state index contributed by atoms with van der Waals surface area (Å²) < 4.78 is 17.7. The zero-order chi connectivity index (χ0) is 17.8. The summed E-state index contributed by atoms with van der Waals surface area (Å²) in [5.41, 5.74) is 3.18. The van der Waals surface area contributed by atoms with Gasteiger partial charge in [0.15, 0.2) is 0 Å². The molecule has 25 heavy (non-hydrogen) atoms. The number of rotatable bonds is 4. The van der Waals surface area contributed by atoms with Crippen molar-refractivity contribution in [3.8, 4) is 17.2 Å². The second-order valence-electron chi connectivity index (χ2n) is 6.20. The van der Waals surface area contributed by atoms with Gasteiger partial charge >= 0.3 is 0 Å². The molecular weight excluding hydrogens is 382 g/mol. The van der Waals surface area contributed by atoms with Crippen molar-refractivity contribution in [2.24, 2.45) is 10.9 Å². The van der Waals surface area contributed by atoms with E-state index in [1.807, 2.05) is 30.3 Å². The normalized spacial score (nSPS) is 18.2. The summed E-state index contributed by atoms with van der Waals surface area (Å²) in [6, 6.07) is 11.9. The molecule has 132 valence electrons. The lowest BCUT2D eigenvalue weighted by Crippen LogP contribution is -2.09. The molecule has 0 bridgehead atoms. The van der Waals surface area contributed by atoms with E-state index in [0.717, 1.165) is 45.0 Å². The van der Waals surface area contributed by atoms with Crippen LogP contribution >= 0.6 is 15.9 Å². The van der Waals surface area contributed by atoms with E-state index in [1.165, 1.54) is 0 Å². The smallest absolute Gasteiger partial charge is 0.129 e. The van der Waals surface area contributed by atoms with Crippen LogP contribution in [0.25, 0.3) is 0 Å². The van der Waals surface area contributed by atoms with E-state index in [2.05, 4.69) is 28.9 Å². The highest BCUT2D eigenvalue weighted by atomic mass is 79.9. The molecule has 1 atom stereocenters. The van der Waals surface area contributed by atoms with E-state index in [4.69, 9.17) is 19.2 Å². The van der Waals surface area contributed by atoms with Crippen molar-refractivity contribution in [1.29, 1.82) is 0 Å². The van der Waals surface area contributed by atoms with Gasteiger partial charge in [-0.05, 0) is 42.7 Å². The fraction of sp³-hybridized carbons (Fsp3) is 0.350. The van der Waals surface area contributed by atoms with Gasteiger partial charge in [-0.2, -0.15) is 0 Å². The molecule has 1 heterocycles. The largest absolute Gasteiger partial charge is 0.497 e. The van der Waals surface area contributed by atoms with E-state index in [0.29, 0.717) is 19.1 Å². The minimum Gasteiger partial charge on any atom is -0.497 e. The molecule has 0 saturated heterocycles. The molecule has 2 aromatic rings. The molecular formula is C20H22BrNO3. The average Bonchev–Trinajstić information content (AvgIpc) is 2.78. The van der Waals surface area contributed by atoms with Gasteiger partial charge in [0, 0.05) is 27.4 Å². The van der Waals surface area contributed by atoms with Gasteiger partial charge in [-0.1, -0.05) is 22.9 Å². The summed E-state index contributed by atoms with van der Waals surface area (Å²) >= 11 is 3.51. The topological polar surface area (TPSA) is 40.0 Å². The minimum atomic E-state index is 0.419. The Bertz CT molecular complexity index is 789. The minimum absolute atomic E-state index is 0.419. The number of hydrogen-bond acceptors (Lipinski definition) is 4. The van der Waals surface area contributed by atoms with Crippen LogP contribution in [-0.4, -0.2) is 26.5 Å². The summed E-state index contributed by atoms with van der Waals surface area (Å²) in [4.78, 5) is 4.90. The Hall–Kier alpha value is -2.01. The molecule has 0 saturated carbocycles. The standard InChI is InChI=1S/C20H22BrNO3/c1-13-8-18(17-7-5-15(21)9-20(17)25-12-13)22-11-14-4-6-16(23-2)10-19(14)24-3/h4-7,9-10,13H,8,11-12H2,1-3H3/b22-18-. The fourth-order valence-electron chi connectivity index (χ4n) is 2.90. The van der Waals surface area contributed by atoms with E-state index >= 15 is 0 Å². The quantitative estimate of drug-likeness (QED) is 0.730. The molecule has 0 amide bonds. The van der Waals surface area contributed by atoms with Crippen LogP contribution in [0, 0.1) is 5.92 Å². The van der Waals surface area contributed by atoms with Gasteiger partial charge in [-0.3, -0.25) is 4.99 Å². The maximum Gasteiger partial charge on any atom is 0.129 e. The first-order valence-electron chi connectivity index (χ1n) is 8.27. The number of benzene rings is 2. The second kappa shape index (κ2) is 7.91. The van der Waals surface area contributed by atoms with Crippen LogP contribution in [0.3, 0.4) is 0 Å². The number of ether oxygens (including phenoxy) is 3. The molecule has 0 aliphatic carbocycles. The number of hydrogen-bond donors (Lipinski definition) is 0. The maximum atomic E-state index is 5.95. The van der Waals surface area contributed by atoms with Crippen molar-refractivity contribution in [3.63, 3.8) is 0 Å². The van der Waals surface area contributed by atoms with Crippen molar-refractivity contribution in [1.82, 2.24) is 0 Å². The monoisotopic (exact) mass is 403 g/mol. The number of fused-ring (bicyclic) bond motifs is 1. The molecule has 4 nitrogen and oxygen atoms in total. The van der Waals surface area contributed by atoms with E-state index in [1.54, 1.807) is 14.2 Å². The van der Waals surface area contributed by atoms with Gasteiger partial charge in [-0.25, -0.2) is 0 Å². The molecule has 0 N–H and O–H groups in total. The van der Waals surface area contributed by atoms with Gasteiger partial charge in [0.05, 0.1) is 27.4 Å². The van der Waals surface area contributed by atoms with Crippen molar-refractivity contribution in [3.05, 3.63) is 52.0 Å². The predicted molar refractivity (Wildman–Crippen MR) is 103 cm³/mol. The Morgan fingerprint density at radius 1 is 1.16 bits per heavy atom. The van der Waals surface area contributed by atoms with Gasteiger partial charge in [0.25, 0.3) is 0 Å². The highest BCUT2D eigenvalue weighted by Gasteiger charge is 2.20. The molecule has 0 radical (unpaired) electrons. The van der Waals surface area contributed by atoms with E-state index in [-0.39, 0.29) is 0 Å². The van der Waals surface area contributed by atoms with Crippen molar-refractivity contribution in [2.45, 2.75) is 19.9 Å². The number of nitrogens with zero attached hydrogens (tertiary/aromatic N) is 1. The molecule has 0 fully saturated rings. The first-order valence-corrected chi connectivity index (χ1v) is 9.07.